The molecule has 0 aliphatic heterocycles. The highest BCUT2D eigenvalue weighted by Gasteiger charge is 2.24. The van der Waals surface area contributed by atoms with Crippen LogP contribution in [0.3, 0.4) is 0 Å². The van der Waals surface area contributed by atoms with Gasteiger partial charge in [-0.1, -0.05) is 0 Å². The highest BCUT2D eigenvalue weighted by Crippen LogP contribution is 2.24. The Balaban J connectivity index is 2.99. The minimum atomic E-state index is -0.470. The number of nitro groups is 1. The molecule has 0 amide bonds. The van der Waals surface area contributed by atoms with Crippen LogP contribution in [0, 0.1) is 10.1 Å². The molecule has 7 nitrogen and oxygen atoms in total. The molecule has 0 radical (unpaired) electrons. The van der Waals surface area contributed by atoms with Crippen molar-refractivity contribution >= 4 is 11.5 Å². The van der Waals surface area contributed by atoms with Crippen molar-refractivity contribution in [3.8, 4) is 0 Å². The van der Waals surface area contributed by atoms with Gasteiger partial charge in [0.15, 0.2) is 0 Å². The van der Waals surface area contributed by atoms with Crippen molar-refractivity contribution in [2.45, 2.75) is 19.4 Å². The Morgan fingerprint density at radius 1 is 1.73 bits per heavy atom. The van der Waals surface area contributed by atoms with E-state index in [1.165, 1.54) is 10.9 Å². The predicted molar refractivity (Wildman–Crippen MR) is 56.6 cm³/mol. The third kappa shape index (κ3) is 2.66. The first-order valence-corrected chi connectivity index (χ1v) is 4.52. The van der Waals surface area contributed by atoms with Gasteiger partial charge in [-0.15, -0.1) is 5.10 Å². The second kappa shape index (κ2) is 3.85. The number of nitrogens with two attached hydrogens (primary N) is 1. The fraction of sp³-hybridized carbons (Fsp3) is 0.625. The smallest absolute Gasteiger partial charge is 0.330 e. The molecule has 0 saturated heterocycles. The van der Waals surface area contributed by atoms with Crippen molar-refractivity contribution in [1.29, 1.82) is 0 Å². The van der Waals surface area contributed by atoms with Gasteiger partial charge < -0.3 is 11.1 Å². The first kappa shape index (κ1) is 11.4. The van der Waals surface area contributed by atoms with Gasteiger partial charge in [-0.05, 0) is 13.8 Å². The Morgan fingerprint density at radius 3 is 2.80 bits per heavy atom. The molecular formula is C8H15N5O2. The third-order valence-electron chi connectivity index (χ3n) is 1.97. The standard InChI is InChI=1S/C8H15N5O2/c1-8(2,5-9)10-7-6(13(14)15)4-12(3)11-7/h4H,5,9H2,1-3H3,(H,10,11). The molecule has 15 heavy (non-hydrogen) atoms. The summed E-state index contributed by atoms with van der Waals surface area (Å²) in [5.41, 5.74) is 5.06. The van der Waals surface area contributed by atoms with Gasteiger partial charge in [0.25, 0.3) is 0 Å². The molecule has 0 fully saturated rings. The number of hydrogen-bond acceptors (Lipinski definition) is 5. The highest BCUT2D eigenvalue weighted by atomic mass is 16.6. The van der Waals surface area contributed by atoms with Gasteiger partial charge in [-0.3, -0.25) is 14.8 Å². The maximum absolute atomic E-state index is 10.7. The van der Waals surface area contributed by atoms with Crippen LogP contribution in [0.1, 0.15) is 13.8 Å². The second-order valence-electron chi connectivity index (χ2n) is 4.01. The van der Waals surface area contributed by atoms with E-state index in [4.69, 9.17) is 5.73 Å². The summed E-state index contributed by atoms with van der Waals surface area (Å²) >= 11 is 0. The minimum absolute atomic E-state index is 0.0426. The molecule has 0 atom stereocenters. The van der Waals surface area contributed by atoms with E-state index < -0.39 is 10.5 Å². The Labute approximate surface area is 87.4 Å². The van der Waals surface area contributed by atoms with E-state index in [2.05, 4.69) is 10.4 Å². The number of aryl methyl sites for hydroxylation is 1. The van der Waals surface area contributed by atoms with Crippen LogP contribution >= 0.6 is 0 Å². The van der Waals surface area contributed by atoms with E-state index >= 15 is 0 Å². The maximum atomic E-state index is 10.7. The number of rotatable bonds is 4. The summed E-state index contributed by atoms with van der Waals surface area (Å²) in [7, 11) is 1.63. The molecule has 0 aromatic carbocycles. The Hall–Kier alpha value is -1.63. The fourth-order valence-corrected chi connectivity index (χ4v) is 1.07. The van der Waals surface area contributed by atoms with Gasteiger partial charge in [0.2, 0.25) is 5.82 Å². The normalized spacial score (nSPS) is 11.5. The average Bonchev–Trinajstić information content (AvgIpc) is 2.46. The highest BCUT2D eigenvalue weighted by molar-refractivity contribution is 5.55. The van der Waals surface area contributed by atoms with E-state index in [9.17, 15) is 10.1 Å². The SMILES string of the molecule is Cn1cc([N+](=O)[O-])c(NC(C)(C)CN)n1. The van der Waals surface area contributed by atoms with Crippen LogP contribution in [0.5, 0.6) is 0 Å². The van der Waals surface area contributed by atoms with Crippen LogP contribution < -0.4 is 11.1 Å². The zero-order valence-corrected chi connectivity index (χ0v) is 9.02. The van der Waals surface area contributed by atoms with Crippen LogP contribution in [0.25, 0.3) is 0 Å². The lowest BCUT2D eigenvalue weighted by Gasteiger charge is -2.23. The van der Waals surface area contributed by atoms with E-state index in [-0.39, 0.29) is 11.5 Å². The van der Waals surface area contributed by atoms with Gasteiger partial charge in [0.05, 0.1) is 4.92 Å². The number of hydrogen-bond donors (Lipinski definition) is 2. The first-order chi connectivity index (χ1) is 6.85. The van der Waals surface area contributed by atoms with Gasteiger partial charge in [0.1, 0.15) is 6.20 Å². The van der Waals surface area contributed by atoms with Crippen LogP contribution in [0.2, 0.25) is 0 Å². The van der Waals surface area contributed by atoms with Crippen molar-refractivity contribution in [2.75, 3.05) is 11.9 Å². The number of nitrogens with one attached hydrogen (secondary N) is 1. The van der Waals surface area contributed by atoms with E-state index in [1.54, 1.807) is 7.05 Å². The monoisotopic (exact) mass is 213 g/mol. The molecule has 1 rings (SSSR count). The van der Waals surface area contributed by atoms with Gasteiger partial charge in [-0.25, -0.2) is 0 Å². The lowest BCUT2D eigenvalue weighted by atomic mass is 10.1. The molecule has 7 heteroatoms. The van der Waals surface area contributed by atoms with Gasteiger partial charge >= 0.3 is 5.69 Å². The van der Waals surface area contributed by atoms with Crippen molar-refractivity contribution in [3.05, 3.63) is 16.3 Å². The summed E-state index contributed by atoms with van der Waals surface area (Å²) in [5, 5.41) is 17.6. The molecule has 1 aromatic rings. The van der Waals surface area contributed by atoms with Crippen LogP contribution in [0.15, 0.2) is 6.20 Å². The zero-order valence-electron chi connectivity index (χ0n) is 9.02. The van der Waals surface area contributed by atoms with Crippen LogP contribution in [-0.2, 0) is 7.05 Å². The topological polar surface area (TPSA) is 99.0 Å². The largest absolute Gasteiger partial charge is 0.357 e. The molecule has 0 aliphatic carbocycles. The van der Waals surface area contributed by atoms with Crippen LogP contribution in [-0.4, -0.2) is 26.8 Å². The number of anilines is 1. The molecule has 0 bridgehead atoms. The van der Waals surface area contributed by atoms with Crippen molar-refractivity contribution < 1.29 is 4.92 Å². The summed E-state index contributed by atoms with van der Waals surface area (Å²) in [5.74, 6) is 0.248. The summed E-state index contributed by atoms with van der Waals surface area (Å²) in [6, 6.07) is 0. The lowest BCUT2D eigenvalue weighted by Crippen LogP contribution is -2.39. The Morgan fingerprint density at radius 2 is 2.33 bits per heavy atom. The second-order valence-corrected chi connectivity index (χ2v) is 4.01. The van der Waals surface area contributed by atoms with Gasteiger partial charge in [0, 0.05) is 19.1 Å². The third-order valence-corrected chi connectivity index (χ3v) is 1.97. The Bertz CT molecular complexity index is 371. The molecule has 0 spiro atoms. The number of nitrogens with zero attached hydrogens (tertiary/aromatic N) is 3. The average molecular weight is 213 g/mol. The van der Waals surface area contributed by atoms with E-state index in [0.29, 0.717) is 6.54 Å². The molecule has 3 N–H and O–H groups in total. The fourth-order valence-electron chi connectivity index (χ4n) is 1.07. The molecule has 84 valence electrons. The quantitative estimate of drug-likeness (QED) is 0.559. The predicted octanol–water partition coefficient (Wildman–Crippen LogP) is 0.477. The number of aromatic nitrogens is 2. The molecule has 0 aliphatic rings. The molecule has 1 aromatic heterocycles. The molecule has 0 saturated carbocycles. The summed E-state index contributed by atoms with van der Waals surface area (Å²) in [6.45, 7) is 4.07. The summed E-state index contributed by atoms with van der Waals surface area (Å²) < 4.78 is 1.40. The maximum Gasteiger partial charge on any atom is 0.330 e. The van der Waals surface area contributed by atoms with Crippen molar-refractivity contribution in [1.82, 2.24) is 9.78 Å². The zero-order chi connectivity index (χ0) is 11.6. The van der Waals surface area contributed by atoms with Gasteiger partial charge in [-0.2, -0.15) is 0 Å². The first-order valence-electron chi connectivity index (χ1n) is 4.52. The molecular weight excluding hydrogens is 198 g/mol. The summed E-state index contributed by atoms with van der Waals surface area (Å²) in [6.07, 6.45) is 1.36. The van der Waals surface area contributed by atoms with E-state index in [1.807, 2.05) is 13.8 Å². The molecule has 1 heterocycles. The lowest BCUT2D eigenvalue weighted by molar-refractivity contribution is -0.384. The van der Waals surface area contributed by atoms with Crippen molar-refractivity contribution in [2.24, 2.45) is 12.8 Å². The minimum Gasteiger partial charge on any atom is -0.357 e. The van der Waals surface area contributed by atoms with Crippen molar-refractivity contribution in [3.63, 3.8) is 0 Å². The Kier molecular flexibility index (Phi) is 2.94. The van der Waals surface area contributed by atoms with E-state index in [0.717, 1.165) is 0 Å². The molecule has 0 unspecified atom stereocenters. The summed E-state index contributed by atoms with van der Waals surface area (Å²) in [4.78, 5) is 10.2. The van der Waals surface area contributed by atoms with Crippen LogP contribution in [0.4, 0.5) is 11.5 Å².